The molecule has 0 saturated heterocycles. The molecule has 1 aromatic rings. The lowest BCUT2D eigenvalue weighted by molar-refractivity contribution is -0.0505. The fourth-order valence-corrected chi connectivity index (χ4v) is 3.28. The van der Waals surface area contributed by atoms with Crippen molar-refractivity contribution in [2.45, 2.75) is 64.0 Å². The summed E-state index contributed by atoms with van der Waals surface area (Å²) in [5.74, 6) is 0.862. The summed E-state index contributed by atoms with van der Waals surface area (Å²) >= 11 is 1.43. The van der Waals surface area contributed by atoms with Crippen LogP contribution in [0.3, 0.4) is 0 Å². The first kappa shape index (κ1) is 13.7. The van der Waals surface area contributed by atoms with Gasteiger partial charge in [-0.1, -0.05) is 19.3 Å². The summed E-state index contributed by atoms with van der Waals surface area (Å²) < 4.78 is 10.3. The molecule has 0 amide bonds. The Bertz CT molecular complexity index is 391. The van der Waals surface area contributed by atoms with E-state index in [0.717, 1.165) is 23.8 Å². The van der Waals surface area contributed by atoms with Crippen molar-refractivity contribution in [2.24, 2.45) is 0 Å². The first-order valence-corrected chi connectivity index (χ1v) is 7.40. The van der Waals surface area contributed by atoms with E-state index in [1.165, 1.54) is 30.8 Å². The third-order valence-corrected chi connectivity index (χ3v) is 4.00. The number of hydrogen-bond acceptors (Lipinski definition) is 5. The summed E-state index contributed by atoms with van der Waals surface area (Å²) in [6, 6.07) is 0. The maximum Gasteiger partial charge on any atom is 0.203 e. The molecule has 1 aromatic heterocycles. The normalized spacial score (nSPS) is 19.8. The molecule has 0 atom stereocenters. The van der Waals surface area contributed by atoms with Crippen LogP contribution in [-0.2, 0) is 10.3 Å². The molecule has 1 fully saturated rings. The molecule has 0 aromatic carbocycles. The highest BCUT2D eigenvalue weighted by molar-refractivity contribution is 7.09. The minimum Gasteiger partial charge on any atom is -0.370 e. The maximum atomic E-state index is 5.76. The highest BCUT2D eigenvalue weighted by atomic mass is 32.1. The molecule has 1 N–H and O–H groups in total. The first-order valence-electron chi connectivity index (χ1n) is 6.63. The van der Waals surface area contributed by atoms with Crippen LogP contribution in [0.25, 0.3) is 0 Å². The van der Waals surface area contributed by atoms with Crippen LogP contribution in [0.15, 0.2) is 0 Å². The number of ether oxygens (including phenoxy) is 1. The van der Waals surface area contributed by atoms with Crippen LogP contribution in [0.1, 0.15) is 58.7 Å². The average molecular weight is 269 g/mol. The molecule has 0 radical (unpaired) electrons. The van der Waals surface area contributed by atoms with Crippen LogP contribution < -0.4 is 5.32 Å². The molecule has 18 heavy (non-hydrogen) atoms. The average Bonchev–Trinajstić information content (AvgIpc) is 2.76. The van der Waals surface area contributed by atoms with Crippen LogP contribution in [0.4, 0.5) is 5.13 Å². The maximum absolute atomic E-state index is 5.76. The second-order valence-electron chi connectivity index (χ2n) is 6.06. The number of methoxy groups -OCH3 is 1. The molecule has 1 aliphatic rings. The van der Waals surface area contributed by atoms with Crippen LogP contribution >= 0.6 is 11.5 Å². The summed E-state index contributed by atoms with van der Waals surface area (Å²) in [5.41, 5.74) is -0.226. The van der Waals surface area contributed by atoms with Crippen molar-refractivity contribution >= 4 is 16.7 Å². The fraction of sp³-hybridized carbons (Fsp3) is 0.846. The molecule has 0 spiro atoms. The Morgan fingerprint density at radius 2 is 1.89 bits per heavy atom. The number of nitrogens with one attached hydrogen (secondary N) is 1. The van der Waals surface area contributed by atoms with E-state index in [0.29, 0.717) is 0 Å². The molecule has 0 unspecified atom stereocenters. The van der Waals surface area contributed by atoms with Gasteiger partial charge in [0.05, 0.1) is 0 Å². The summed E-state index contributed by atoms with van der Waals surface area (Å²) in [7, 11) is 1.78. The lowest BCUT2D eigenvalue weighted by Gasteiger charge is -2.33. The van der Waals surface area contributed by atoms with Crippen molar-refractivity contribution in [3.8, 4) is 0 Å². The number of anilines is 1. The highest BCUT2D eigenvalue weighted by Gasteiger charge is 2.37. The summed E-state index contributed by atoms with van der Waals surface area (Å²) in [5, 5.41) is 4.26. The van der Waals surface area contributed by atoms with E-state index >= 15 is 0 Å². The van der Waals surface area contributed by atoms with Crippen molar-refractivity contribution < 1.29 is 4.74 Å². The molecule has 0 aliphatic heterocycles. The zero-order valence-corrected chi connectivity index (χ0v) is 12.6. The second kappa shape index (κ2) is 5.13. The van der Waals surface area contributed by atoms with Crippen molar-refractivity contribution in [1.29, 1.82) is 0 Å². The monoisotopic (exact) mass is 269 g/mol. The zero-order chi connectivity index (χ0) is 13.2. The molecule has 102 valence electrons. The third kappa shape index (κ3) is 3.01. The Kier molecular flexibility index (Phi) is 3.92. The fourth-order valence-electron chi connectivity index (χ4n) is 2.42. The molecule has 2 rings (SSSR count). The standard InChI is InChI=1S/C13H23N3OS/c1-12(2,3)15-11-14-10(16-18-11)13(17-4)8-6-5-7-9-13/h5-9H2,1-4H3,(H,14,15,16). The Morgan fingerprint density at radius 1 is 1.22 bits per heavy atom. The van der Waals surface area contributed by atoms with Crippen molar-refractivity contribution in [1.82, 2.24) is 9.36 Å². The summed E-state index contributed by atoms with van der Waals surface area (Å²) in [4.78, 5) is 4.63. The van der Waals surface area contributed by atoms with Crippen molar-refractivity contribution in [3.05, 3.63) is 5.82 Å². The molecular formula is C13H23N3OS. The van der Waals surface area contributed by atoms with Gasteiger partial charge in [0.1, 0.15) is 5.60 Å². The molecule has 4 nitrogen and oxygen atoms in total. The largest absolute Gasteiger partial charge is 0.370 e. The number of nitrogens with zero attached hydrogens (tertiary/aromatic N) is 2. The molecule has 1 aliphatic carbocycles. The van der Waals surface area contributed by atoms with Gasteiger partial charge in [-0.2, -0.15) is 4.37 Å². The van der Waals surface area contributed by atoms with E-state index in [1.807, 2.05) is 0 Å². The van der Waals surface area contributed by atoms with Gasteiger partial charge in [-0.05, 0) is 33.6 Å². The van der Waals surface area contributed by atoms with E-state index in [9.17, 15) is 0 Å². The number of rotatable bonds is 3. The molecule has 0 bridgehead atoms. The third-order valence-electron chi connectivity index (χ3n) is 3.37. The van der Waals surface area contributed by atoms with Gasteiger partial charge < -0.3 is 10.1 Å². The SMILES string of the molecule is COC1(c2nsc(NC(C)(C)C)n2)CCCCC1. The first-order chi connectivity index (χ1) is 8.45. The predicted octanol–water partition coefficient (Wildman–Crippen LogP) is 3.55. The lowest BCUT2D eigenvalue weighted by atomic mass is 9.84. The van der Waals surface area contributed by atoms with Crippen LogP contribution in [0.5, 0.6) is 0 Å². The molecule has 1 saturated carbocycles. The van der Waals surface area contributed by atoms with Crippen LogP contribution in [0, 0.1) is 0 Å². The van der Waals surface area contributed by atoms with E-state index in [-0.39, 0.29) is 11.1 Å². The van der Waals surface area contributed by atoms with Gasteiger partial charge in [0.2, 0.25) is 5.13 Å². The van der Waals surface area contributed by atoms with E-state index < -0.39 is 0 Å². The van der Waals surface area contributed by atoms with E-state index in [4.69, 9.17) is 4.74 Å². The van der Waals surface area contributed by atoms with Gasteiger partial charge in [0.25, 0.3) is 0 Å². The minimum atomic E-state index is -0.243. The van der Waals surface area contributed by atoms with Crippen molar-refractivity contribution in [2.75, 3.05) is 12.4 Å². The Hall–Kier alpha value is -0.680. The van der Waals surface area contributed by atoms with E-state index in [2.05, 4.69) is 35.4 Å². The second-order valence-corrected chi connectivity index (χ2v) is 6.81. The van der Waals surface area contributed by atoms with Gasteiger partial charge in [-0.3, -0.25) is 0 Å². The predicted molar refractivity (Wildman–Crippen MR) is 75.1 cm³/mol. The van der Waals surface area contributed by atoms with Crippen molar-refractivity contribution in [3.63, 3.8) is 0 Å². The lowest BCUT2D eigenvalue weighted by Crippen LogP contribution is -2.32. The Labute approximate surface area is 113 Å². The van der Waals surface area contributed by atoms with Gasteiger partial charge in [0.15, 0.2) is 5.82 Å². The topological polar surface area (TPSA) is 47.0 Å². The molecule has 5 heteroatoms. The zero-order valence-electron chi connectivity index (χ0n) is 11.7. The van der Waals surface area contributed by atoms with Crippen LogP contribution in [0.2, 0.25) is 0 Å². The molecular weight excluding hydrogens is 246 g/mol. The summed E-state index contributed by atoms with van der Waals surface area (Å²) in [6.07, 6.45) is 5.77. The quantitative estimate of drug-likeness (QED) is 0.911. The van der Waals surface area contributed by atoms with Gasteiger partial charge in [-0.25, -0.2) is 4.98 Å². The van der Waals surface area contributed by atoms with Crippen LogP contribution in [-0.4, -0.2) is 22.0 Å². The highest BCUT2D eigenvalue weighted by Crippen LogP contribution is 2.39. The number of hydrogen-bond donors (Lipinski definition) is 1. The summed E-state index contributed by atoms with van der Waals surface area (Å²) in [6.45, 7) is 6.38. The van der Waals surface area contributed by atoms with E-state index in [1.54, 1.807) is 7.11 Å². The smallest absolute Gasteiger partial charge is 0.203 e. The number of aromatic nitrogens is 2. The molecule has 1 heterocycles. The van der Waals surface area contributed by atoms with Gasteiger partial charge >= 0.3 is 0 Å². The van der Waals surface area contributed by atoms with Gasteiger partial charge in [-0.15, -0.1) is 0 Å². The van der Waals surface area contributed by atoms with Gasteiger partial charge in [0, 0.05) is 24.2 Å². The Balaban J connectivity index is 2.17. The minimum absolute atomic E-state index is 0.0175. The Morgan fingerprint density at radius 3 is 2.44 bits per heavy atom.